The molecule has 0 aliphatic heterocycles. The third-order valence-corrected chi connectivity index (χ3v) is 1.43. The van der Waals surface area contributed by atoms with Crippen LogP contribution in [0.15, 0.2) is 36.5 Å². The summed E-state index contributed by atoms with van der Waals surface area (Å²) >= 11 is 0. The van der Waals surface area contributed by atoms with Crippen LogP contribution in [0.5, 0.6) is 0 Å². The van der Waals surface area contributed by atoms with E-state index in [1.165, 1.54) is 6.42 Å². The zero-order valence-electron chi connectivity index (χ0n) is 6.16. The van der Waals surface area contributed by atoms with Gasteiger partial charge in [-0.05, 0) is 25.7 Å². The highest BCUT2D eigenvalue weighted by atomic mass is 13.9. The van der Waals surface area contributed by atoms with E-state index < -0.39 is 0 Å². The monoisotopic (exact) mass is 133 g/mol. The first-order valence-corrected chi connectivity index (χ1v) is 3.80. The molecule has 10 heavy (non-hydrogen) atoms. The van der Waals surface area contributed by atoms with Gasteiger partial charge in [-0.1, -0.05) is 36.5 Å². The van der Waals surface area contributed by atoms with Crippen LogP contribution < -0.4 is 0 Å². The zero-order chi connectivity index (χ0) is 7.07. The van der Waals surface area contributed by atoms with Crippen molar-refractivity contribution in [3.8, 4) is 0 Å². The molecule has 0 atom stereocenters. The van der Waals surface area contributed by atoms with Gasteiger partial charge in [0.1, 0.15) is 0 Å². The molecule has 0 unspecified atom stereocenters. The first-order chi connectivity index (χ1) is 5.00. The SMILES string of the molecule is [CH]1/C=C\CC/C=C\C=C/C1. The Bertz CT molecular complexity index is 131. The predicted octanol–water partition coefficient (Wildman–Crippen LogP) is 3.04. The van der Waals surface area contributed by atoms with Gasteiger partial charge in [-0.25, -0.2) is 0 Å². The van der Waals surface area contributed by atoms with Gasteiger partial charge in [-0.3, -0.25) is 0 Å². The fraction of sp³-hybridized carbons (Fsp3) is 0.300. The molecule has 1 rings (SSSR count). The molecule has 0 spiro atoms. The van der Waals surface area contributed by atoms with Crippen LogP contribution in [0.25, 0.3) is 0 Å². The maximum Gasteiger partial charge on any atom is -0.0133 e. The minimum absolute atomic E-state index is 1.06. The molecule has 0 saturated heterocycles. The highest BCUT2D eigenvalue weighted by Crippen LogP contribution is 1.99. The lowest BCUT2D eigenvalue weighted by atomic mass is 10.2. The van der Waals surface area contributed by atoms with Crippen LogP contribution >= 0.6 is 0 Å². The Morgan fingerprint density at radius 3 is 2.30 bits per heavy atom. The predicted molar refractivity (Wildman–Crippen MR) is 45.6 cm³/mol. The molecule has 1 aliphatic rings. The molecule has 0 aromatic carbocycles. The molecule has 0 bridgehead atoms. The Morgan fingerprint density at radius 1 is 0.700 bits per heavy atom. The van der Waals surface area contributed by atoms with Crippen LogP contribution in [0.2, 0.25) is 0 Å². The lowest BCUT2D eigenvalue weighted by Gasteiger charge is -1.89. The second-order valence-corrected chi connectivity index (χ2v) is 2.33. The smallest absolute Gasteiger partial charge is 0.0133 e. The summed E-state index contributed by atoms with van der Waals surface area (Å²) in [5, 5.41) is 0. The number of rotatable bonds is 0. The van der Waals surface area contributed by atoms with Crippen molar-refractivity contribution in [2.45, 2.75) is 19.3 Å². The van der Waals surface area contributed by atoms with Crippen molar-refractivity contribution in [3.05, 3.63) is 42.9 Å². The molecule has 0 aromatic rings. The fourth-order valence-corrected chi connectivity index (χ4v) is 0.874. The largest absolute Gasteiger partial charge is 0.0879 e. The van der Waals surface area contributed by atoms with E-state index in [0.29, 0.717) is 0 Å². The van der Waals surface area contributed by atoms with E-state index in [9.17, 15) is 0 Å². The highest BCUT2D eigenvalue weighted by molar-refractivity contribution is 5.08. The number of allylic oxidation sites excluding steroid dienone is 6. The molecule has 1 radical (unpaired) electrons. The first kappa shape index (κ1) is 7.33. The Kier molecular flexibility index (Phi) is 3.69. The van der Waals surface area contributed by atoms with Gasteiger partial charge >= 0.3 is 0 Å². The number of hydrogen-bond acceptors (Lipinski definition) is 0. The van der Waals surface area contributed by atoms with Gasteiger partial charge in [0.25, 0.3) is 0 Å². The van der Waals surface area contributed by atoms with Crippen molar-refractivity contribution >= 4 is 0 Å². The van der Waals surface area contributed by atoms with Gasteiger partial charge in [0.15, 0.2) is 0 Å². The molecular formula is C10H13. The van der Waals surface area contributed by atoms with Gasteiger partial charge in [-0.15, -0.1) is 0 Å². The molecule has 0 heterocycles. The van der Waals surface area contributed by atoms with Crippen molar-refractivity contribution < 1.29 is 0 Å². The lowest BCUT2D eigenvalue weighted by molar-refractivity contribution is 1.04. The van der Waals surface area contributed by atoms with Crippen LogP contribution in [0.3, 0.4) is 0 Å². The van der Waals surface area contributed by atoms with Gasteiger partial charge in [0.2, 0.25) is 0 Å². The van der Waals surface area contributed by atoms with Crippen LogP contribution in [0.1, 0.15) is 19.3 Å². The molecule has 0 fully saturated rings. The van der Waals surface area contributed by atoms with Crippen molar-refractivity contribution in [1.29, 1.82) is 0 Å². The van der Waals surface area contributed by atoms with E-state index in [-0.39, 0.29) is 0 Å². The summed E-state index contributed by atoms with van der Waals surface area (Å²) < 4.78 is 0. The van der Waals surface area contributed by atoms with E-state index in [0.717, 1.165) is 12.8 Å². The summed E-state index contributed by atoms with van der Waals surface area (Å²) in [4.78, 5) is 0. The van der Waals surface area contributed by atoms with E-state index in [1.807, 2.05) is 0 Å². The van der Waals surface area contributed by atoms with Crippen molar-refractivity contribution in [1.82, 2.24) is 0 Å². The molecular weight excluding hydrogens is 120 g/mol. The van der Waals surface area contributed by atoms with Crippen molar-refractivity contribution in [2.24, 2.45) is 0 Å². The van der Waals surface area contributed by atoms with E-state index in [2.05, 4.69) is 42.9 Å². The lowest BCUT2D eigenvalue weighted by Crippen LogP contribution is -1.70. The Morgan fingerprint density at radius 2 is 1.40 bits per heavy atom. The molecule has 53 valence electrons. The summed E-state index contributed by atoms with van der Waals surface area (Å²) in [6, 6.07) is 0. The third kappa shape index (κ3) is 3.29. The summed E-state index contributed by atoms with van der Waals surface area (Å²) in [6.45, 7) is 0. The molecule has 0 aromatic heterocycles. The zero-order valence-corrected chi connectivity index (χ0v) is 6.16. The van der Waals surface area contributed by atoms with Crippen LogP contribution in [0.4, 0.5) is 0 Å². The van der Waals surface area contributed by atoms with Crippen molar-refractivity contribution in [2.75, 3.05) is 0 Å². The summed E-state index contributed by atoms with van der Waals surface area (Å²) in [5.41, 5.74) is 0. The quantitative estimate of drug-likeness (QED) is 0.476. The Balaban J connectivity index is 2.38. The normalized spacial score (nSPS) is 28.8. The molecule has 0 saturated carbocycles. The number of hydrogen-bond donors (Lipinski definition) is 0. The first-order valence-electron chi connectivity index (χ1n) is 3.80. The second kappa shape index (κ2) is 5.04. The third-order valence-electron chi connectivity index (χ3n) is 1.43. The average molecular weight is 133 g/mol. The highest BCUT2D eigenvalue weighted by Gasteiger charge is 1.80. The molecule has 0 heteroatoms. The summed E-state index contributed by atoms with van der Waals surface area (Å²) in [6.07, 6.45) is 18.5. The van der Waals surface area contributed by atoms with Gasteiger partial charge < -0.3 is 0 Å². The van der Waals surface area contributed by atoms with Crippen molar-refractivity contribution in [3.63, 3.8) is 0 Å². The van der Waals surface area contributed by atoms with E-state index in [4.69, 9.17) is 0 Å². The molecule has 0 N–H and O–H groups in total. The van der Waals surface area contributed by atoms with Gasteiger partial charge in [0, 0.05) is 0 Å². The maximum atomic E-state index is 2.21. The summed E-state index contributed by atoms with van der Waals surface area (Å²) in [7, 11) is 0. The standard InChI is InChI=1S/C10H13/c1-2-4-6-8-10-9-7-5-3-1/h1-4,7,9-10H,5-6,8H2/b3-1-,4-2-,10-9-. The Labute approximate surface area is 62.9 Å². The molecule has 0 nitrogen and oxygen atoms in total. The van der Waals surface area contributed by atoms with Crippen LogP contribution in [0, 0.1) is 6.42 Å². The van der Waals surface area contributed by atoms with E-state index >= 15 is 0 Å². The molecule has 1 aliphatic carbocycles. The minimum atomic E-state index is 1.06. The van der Waals surface area contributed by atoms with Crippen LogP contribution in [-0.4, -0.2) is 0 Å². The summed E-state index contributed by atoms with van der Waals surface area (Å²) in [5.74, 6) is 0. The van der Waals surface area contributed by atoms with Crippen LogP contribution in [-0.2, 0) is 0 Å². The average Bonchev–Trinajstić information content (AvgIpc) is 2.01. The van der Waals surface area contributed by atoms with E-state index in [1.54, 1.807) is 0 Å². The van der Waals surface area contributed by atoms with Gasteiger partial charge in [0.05, 0.1) is 0 Å². The second-order valence-electron chi connectivity index (χ2n) is 2.33. The molecule has 0 amide bonds. The minimum Gasteiger partial charge on any atom is -0.0879 e. The fourth-order valence-electron chi connectivity index (χ4n) is 0.874. The van der Waals surface area contributed by atoms with Gasteiger partial charge in [-0.2, -0.15) is 0 Å². The topological polar surface area (TPSA) is 0 Å². The maximum absolute atomic E-state index is 2.21. The Hall–Kier alpha value is -0.780.